The molecule has 0 fully saturated rings. The first-order valence-corrected chi connectivity index (χ1v) is 4.32. The van der Waals surface area contributed by atoms with Crippen LogP contribution >= 0.6 is 0 Å². The molecule has 2 aromatic rings. The number of nitro benzene ring substituents is 1. The zero-order valence-electron chi connectivity index (χ0n) is 7.97. The van der Waals surface area contributed by atoms with Gasteiger partial charge in [0.2, 0.25) is 0 Å². The second-order valence-corrected chi connectivity index (χ2v) is 3.25. The molecule has 5 heteroatoms. The summed E-state index contributed by atoms with van der Waals surface area (Å²) in [6.07, 6.45) is 0. The van der Waals surface area contributed by atoms with Crippen molar-refractivity contribution in [2.75, 3.05) is 0 Å². The van der Waals surface area contributed by atoms with Gasteiger partial charge in [-0.15, -0.1) is 0 Å². The molecule has 0 saturated heterocycles. The molecule has 0 amide bonds. The summed E-state index contributed by atoms with van der Waals surface area (Å²) in [6, 6.07) is 6.00. The van der Waals surface area contributed by atoms with E-state index in [4.69, 9.17) is 0 Å². The summed E-state index contributed by atoms with van der Waals surface area (Å²) in [5.74, 6) is -0.125. The SMILES string of the molecule is Cc1ccc2cc(O)cc([N+](=O)[O-])c2n1. The first-order valence-electron chi connectivity index (χ1n) is 4.32. The van der Waals surface area contributed by atoms with Gasteiger partial charge in [-0.1, -0.05) is 6.07 Å². The molecule has 1 heterocycles. The first-order chi connectivity index (χ1) is 7.08. The number of nitro groups is 1. The van der Waals surface area contributed by atoms with Crippen LogP contribution in [0.3, 0.4) is 0 Å². The molecule has 76 valence electrons. The van der Waals surface area contributed by atoms with Crippen LogP contribution in [0.2, 0.25) is 0 Å². The van der Waals surface area contributed by atoms with Gasteiger partial charge in [0.25, 0.3) is 5.69 Å². The molecule has 0 atom stereocenters. The average Bonchev–Trinajstić information content (AvgIpc) is 2.17. The predicted octanol–water partition coefficient (Wildman–Crippen LogP) is 2.16. The van der Waals surface area contributed by atoms with Gasteiger partial charge in [-0.25, -0.2) is 4.98 Å². The second-order valence-electron chi connectivity index (χ2n) is 3.25. The topological polar surface area (TPSA) is 76.3 Å². The second kappa shape index (κ2) is 3.20. The highest BCUT2D eigenvalue weighted by Crippen LogP contribution is 2.28. The van der Waals surface area contributed by atoms with E-state index in [1.807, 2.05) is 0 Å². The Morgan fingerprint density at radius 1 is 1.40 bits per heavy atom. The molecule has 2 rings (SSSR count). The fourth-order valence-corrected chi connectivity index (χ4v) is 1.44. The molecule has 1 N–H and O–H groups in total. The van der Waals surface area contributed by atoms with Crippen molar-refractivity contribution in [1.82, 2.24) is 4.98 Å². The number of rotatable bonds is 1. The molecule has 0 unspecified atom stereocenters. The van der Waals surface area contributed by atoms with Crippen molar-refractivity contribution in [3.05, 3.63) is 40.1 Å². The lowest BCUT2D eigenvalue weighted by Gasteiger charge is -2.01. The molecular formula is C10H8N2O3. The third kappa shape index (κ3) is 1.59. The van der Waals surface area contributed by atoms with Crippen LogP contribution in [0, 0.1) is 17.0 Å². The fraction of sp³-hybridized carbons (Fsp3) is 0.100. The lowest BCUT2D eigenvalue weighted by molar-refractivity contribution is -0.383. The number of nitrogens with zero attached hydrogens (tertiary/aromatic N) is 2. The Morgan fingerprint density at radius 2 is 2.13 bits per heavy atom. The largest absolute Gasteiger partial charge is 0.508 e. The summed E-state index contributed by atoms with van der Waals surface area (Å²) in [6.45, 7) is 1.76. The van der Waals surface area contributed by atoms with Gasteiger partial charge in [-0.05, 0) is 19.1 Å². The van der Waals surface area contributed by atoms with E-state index >= 15 is 0 Å². The smallest absolute Gasteiger partial charge is 0.299 e. The maximum absolute atomic E-state index is 10.7. The number of phenols is 1. The number of aromatic hydroxyl groups is 1. The quantitative estimate of drug-likeness (QED) is 0.570. The van der Waals surface area contributed by atoms with Gasteiger partial charge in [0.1, 0.15) is 11.3 Å². The normalized spacial score (nSPS) is 10.5. The molecule has 1 aromatic carbocycles. The molecule has 5 nitrogen and oxygen atoms in total. The number of pyridine rings is 1. The van der Waals surface area contributed by atoms with E-state index in [0.29, 0.717) is 16.6 Å². The van der Waals surface area contributed by atoms with Gasteiger partial charge in [0, 0.05) is 11.1 Å². The van der Waals surface area contributed by atoms with E-state index in [9.17, 15) is 15.2 Å². The van der Waals surface area contributed by atoms with Crippen LogP contribution in [0.15, 0.2) is 24.3 Å². The molecule has 0 aliphatic rings. The van der Waals surface area contributed by atoms with Gasteiger partial charge in [-0.3, -0.25) is 10.1 Å². The Bertz CT molecular complexity index is 552. The first kappa shape index (κ1) is 9.39. The van der Waals surface area contributed by atoms with Gasteiger partial charge >= 0.3 is 0 Å². The van der Waals surface area contributed by atoms with E-state index in [-0.39, 0.29) is 11.4 Å². The standard InChI is InChI=1S/C10H8N2O3/c1-6-2-3-7-4-8(13)5-9(12(14)15)10(7)11-6/h2-5,13H,1H3. The van der Waals surface area contributed by atoms with Crippen molar-refractivity contribution in [3.8, 4) is 5.75 Å². The number of phenolic OH excluding ortho intramolecular Hbond substituents is 1. The van der Waals surface area contributed by atoms with Crippen molar-refractivity contribution in [2.24, 2.45) is 0 Å². The molecule has 0 bridgehead atoms. The lowest BCUT2D eigenvalue weighted by atomic mass is 10.1. The van der Waals surface area contributed by atoms with Crippen LogP contribution in [0.5, 0.6) is 5.75 Å². The molecule has 0 aliphatic carbocycles. The number of hydrogen-bond acceptors (Lipinski definition) is 4. The van der Waals surface area contributed by atoms with Crippen molar-refractivity contribution >= 4 is 16.6 Å². The highest BCUT2D eigenvalue weighted by molar-refractivity contribution is 5.88. The molecule has 0 radical (unpaired) electrons. The molecule has 0 aliphatic heterocycles. The Kier molecular flexibility index (Phi) is 2.00. The highest BCUT2D eigenvalue weighted by atomic mass is 16.6. The van der Waals surface area contributed by atoms with Gasteiger partial charge in [-0.2, -0.15) is 0 Å². The zero-order valence-corrected chi connectivity index (χ0v) is 7.97. The summed E-state index contributed by atoms with van der Waals surface area (Å²) in [5.41, 5.74) is 0.836. The number of aromatic nitrogens is 1. The van der Waals surface area contributed by atoms with Crippen LogP contribution in [0.25, 0.3) is 10.9 Å². The molecular weight excluding hydrogens is 196 g/mol. The van der Waals surface area contributed by atoms with Gasteiger partial charge in [0.05, 0.1) is 11.0 Å². The number of hydrogen-bond donors (Lipinski definition) is 1. The third-order valence-electron chi connectivity index (χ3n) is 2.09. The maximum atomic E-state index is 10.7. The molecule has 15 heavy (non-hydrogen) atoms. The molecule has 1 aromatic heterocycles. The monoisotopic (exact) mass is 204 g/mol. The number of non-ortho nitro benzene ring substituents is 1. The summed E-state index contributed by atoms with van der Waals surface area (Å²) in [7, 11) is 0. The molecule has 0 saturated carbocycles. The number of fused-ring (bicyclic) bond motifs is 1. The third-order valence-corrected chi connectivity index (χ3v) is 2.09. The van der Waals surface area contributed by atoms with E-state index in [1.165, 1.54) is 6.07 Å². The fourth-order valence-electron chi connectivity index (χ4n) is 1.44. The predicted molar refractivity (Wildman–Crippen MR) is 54.8 cm³/mol. The van der Waals surface area contributed by atoms with E-state index in [2.05, 4.69) is 4.98 Å². The Balaban J connectivity index is 2.87. The summed E-state index contributed by atoms with van der Waals surface area (Å²) < 4.78 is 0. The minimum atomic E-state index is -0.547. The van der Waals surface area contributed by atoms with E-state index in [0.717, 1.165) is 6.07 Å². The maximum Gasteiger partial charge on any atom is 0.299 e. The van der Waals surface area contributed by atoms with Crippen molar-refractivity contribution in [1.29, 1.82) is 0 Å². The van der Waals surface area contributed by atoms with E-state index in [1.54, 1.807) is 19.1 Å². The van der Waals surface area contributed by atoms with E-state index < -0.39 is 4.92 Å². The zero-order chi connectivity index (χ0) is 11.0. The Labute approximate surface area is 85.1 Å². The molecule has 0 spiro atoms. The van der Waals surface area contributed by atoms with Gasteiger partial charge < -0.3 is 5.11 Å². The number of benzene rings is 1. The summed E-state index contributed by atoms with van der Waals surface area (Å²) in [5, 5.41) is 20.6. The summed E-state index contributed by atoms with van der Waals surface area (Å²) in [4.78, 5) is 14.3. The Hall–Kier alpha value is -2.17. The van der Waals surface area contributed by atoms with Crippen molar-refractivity contribution < 1.29 is 10.0 Å². The van der Waals surface area contributed by atoms with Crippen LogP contribution in [-0.4, -0.2) is 15.0 Å². The lowest BCUT2D eigenvalue weighted by Crippen LogP contribution is -1.92. The van der Waals surface area contributed by atoms with Gasteiger partial charge in [0.15, 0.2) is 0 Å². The van der Waals surface area contributed by atoms with Crippen LogP contribution in [-0.2, 0) is 0 Å². The van der Waals surface area contributed by atoms with Crippen LogP contribution < -0.4 is 0 Å². The minimum absolute atomic E-state index is 0.125. The van der Waals surface area contributed by atoms with Crippen molar-refractivity contribution in [3.63, 3.8) is 0 Å². The van der Waals surface area contributed by atoms with Crippen LogP contribution in [0.4, 0.5) is 5.69 Å². The van der Waals surface area contributed by atoms with Crippen molar-refractivity contribution in [2.45, 2.75) is 6.92 Å². The average molecular weight is 204 g/mol. The van der Waals surface area contributed by atoms with Crippen LogP contribution in [0.1, 0.15) is 5.69 Å². The summed E-state index contributed by atoms with van der Waals surface area (Å²) >= 11 is 0. The minimum Gasteiger partial charge on any atom is -0.508 e. The Morgan fingerprint density at radius 3 is 2.80 bits per heavy atom. The number of aryl methyl sites for hydroxylation is 1. The highest BCUT2D eigenvalue weighted by Gasteiger charge is 2.14.